The van der Waals surface area contributed by atoms with Crippen molar-refractivity contribution in [2.24, 2.45) is 0 Å². The number of hydrogen-bond donors (Lipinski definition) is 0. The molecule has 3 aromatic rings. The Morgan fingerprint density at radius 3 is 2.46 bits per heavy atom. The van der Waals surface area contributed by atoms with E-state index in [0.29, 0.717) is 37.4 Å². The lowest BCUT2D eigenvalue weighted by molar-refractivity contribution is -0.143. The molecule has 1 aliphatic rings. The maximum Gasteiger partial charge on any atom is 0.306 e. The molecule has 0 spiro atoms. The Kier molecular flexibility index (Phi) is 7.77. The van der Waals surface area contributed by atoms with Crippen LogP contribution in [0.15, 0.2) is 59.0 Å². The fraction of sp³-hybridized carbons (Fsp3) is 0.321. The lowest BCUT2D eigenvalue weighted by Crippen LogP contribution is -2.39. The van der Waals surface area contributed by atoms with E-state index in [4.69, 9.17) is 13.9 Å². The second kappa shape index (κ2) is 11.1. The molecule has 1 aromatic heterocycles. The Morgan fingerprint density at radius 2 is 1.74 bits per heavy atom. The summed E-state index contributed by atoms with van der Waals surface area (Å²) >= 11 is 0. The molecule has 2 heterocycles. The topological polar surface area (TPSA) is 86.1 Å². The molecule has 4 rings (SSSR count). The van der Waals surface area contributed by atoms with Crippen molar-refractivity contribution in [1.82, 2.24) is 4.90 Å². The Morgan fingerprint density at radius 1 is 1.00 bits per heavy atom. The number of furan rings is 1. The monoisotopic (exact) mass is 475 g/mol. The number of Topliss-reactive ketones (excluding diaryl/α,β-unsaturated/α-hetero) is 1. The first-order chi connectivity index (χ1) is 17.0. The summed E-state index contributed by atoms with van der Waals surface area (Å²) in [6, 6.07) is 15.2. The van der Waals surface area contributed by atoms with Crippen LogP contribution in [0.1, 0.15) is 42.8 Å². The van der Waals surface area contributed by atoms with E-state index < -0.39 is 5.97 Å². The average Bonchev–Trinajstić information content (AvgIpc) is 3.28. The zero-order valence-electron chi connectivity index (χ0n) is 20.0. The lowest BCUT2D eigenvalue weighted by Gasteiger charge is -2.25. The van der Waals surface area contributed by atoms with E-state index >= 15 is 0 Å². The van der Waals surface area contributed by atoms with Crippen LogP contribution in [0.2, 0.25) is 0 Å². The second-order valence-electron chi connectivity index (χ2n) is 8.35. The minimum atomic E-state index is -0.417. The molecular weight excluding hydrogens is 446 g/mol. The summed E-state index contributed by atoms with van der Waals surface area (Å²) in [6.45, 7) is 6.04. The van der Waals surface area contributed by atoms with Crippen molar-refractivity contribution in [3.05, 3.63) is 65.9 Å². The summed E-state index contributed by atoms with van der Waals surface area (Å²) in [5.41, 5.74) is 3.54. The molecule has 0 N–H and O–H groups in total. The van der Waals surface area contributed by atoms with Crippen LogP contribution in [0.25, 0.3) is 27.7 Å². The zero-order valence-corrected chi connectivity index (χ0v) is 20.0. The van der Waals surface area contributed by atoms with Gasteiger partial charge in [-0.1, -0.05) is 48.5 Å². The van der Waals surface area contributed by atoms with Crippen molar-refractivity contribution < 1.29 is 28.3 Å². The number of ketones is 1. The van der Waals surface area contributed by atoms with Crippen LogP contribution < -0.4 is 0 Å². The first kappa shape index (κ1) is 24.4. The maximum atomic E-state index is 13.2. The minimum Gasteiger partial charge on any atom is -0.466 e. The number of ether oxygens (including phenoxy) is 2. The molecule has 7 heteroatoms. The summed E-state index contributed by atoms with van der Waals surface area (Å²) in [7, 11) is 0. The van der Waals surface area contributed by atoms with Crippen LogP contribution >= 0.6 is 0 Å². The number of morpholine rings is 1. The number of allylic oxidation sites excluding steroid dienone is 1. The highest BCUT2D eigenvalue weighted by atomic mass is 16.5. The minimum absolute atomic E-state index is 0.0157. The summed E-state index contributed by atoms with van der Waals surface area (Å²) < 4.78 is 16.5. The van der Waals surface area contributed by atoms with Crippen molar-refractivity contribution in [2.75, 3.05) is 32.9 Å². The number of carbonyl (C=O) groups is 3. The van der Waals surface area contributed by atoms with Gasteiger partial charge in [-0.2, -0.15) is 0 Å². The summed E-state index contributed by atoms with van der Waals surface area (Å²) in [5, 5.41) is 0.778. The fourth-order valence-electron chi connectivity index (χ4n) is 4.22. The molecule has 0 unspecified atom stereocenters. The fourth-order valence-corrected chi connectivity index (χ4v) is 4.22. The van der Waals surface area contributed by atoms with Gasteiger partial charge in [0, 0.05) is 42.1 Å². The van der Waals surface area contributed by atoms with Crippen LogP contribution in [-0.4, -0.2) is 55.5 Å². The van der Waals surface area contributed by atoms with Crippen molar-refractivity contribution in [3.8, 4) is 11.1 Å². The number of rotatable bonds is 8. The average molecular weight is 476 g/mol. The van der Waals surface area contributed by atoms with Gasteiger partial charge < -0.3 is 18.8 Å². The summed E-state index contributed by atoms with van der Waals surface area (Å²) in [6.07, 6.45) is 1.57. The third-order valence-electron chi connectivity index (χ3n) is 5.98. The van der Waals surface area contributed by atoms with Gasteiger partial charge in [-0.25, -0.2) is 0 Å². The number of nitrogens with zero attached hydrogens (tertiary/aromatic N) is 1. The number of fused-ring (bicyclic) bond motifs is 1. The van der Waals surface area contributed by atoms with Gasteiger partial charge >= 0.3 is 5.97 Å². The molecule has 35 heavy (non-hydrogen) atoms. The van der Waals surface area contributed by atoms with Gasteiger partial charge in [0.15, 0.2) is 11.5 Å². The van der Waals surface area contributed by atoms with Gasteiger partial charge in [0.25, 0.3) is 0 Å². The standard InChI is InChI=1S/C28H29NO6/c1-3-34-25(32)13-12-23(30)28-26(20-8-5-4-6-9-20)22-11-7-10-21(27(22)35-28)19(2)18-24(31)29-14-16-33-17-15-29/h4-11,18H,3,12-17H2,1-2H3/b19-18+. The molecular formula is C28H29NO6. The molecule has 1 aliphatic heterocycles. The largest absolute Gasteiger partial charge is 0.466 e. The quantitative estimate of drug-likeness (QED) is 0.262. The molecule has 0 aliphatic carbocycles. The number of esters is 1. The third-order valence-corrected chi connectivity index (χ3v) is 5.98. The molecule has 0 atom stereocenters. The highest BCUT2D eigenvalue weighted by molar-refractivity contribution is 6.11. The molecule has 7 nitrogen and oxygen atoms in total. The van der Waals surface area contributed by atoms with Crippen LogP contribution in [0.4, 0.5) is 0 Å². The first-order valence-electron chi connectivity index (χ1n) is 11.8. The summed E-state index contributed by atoms with van der Waals surface area (Å²) in [4.78, 5) is 39.6. The molecule has 2 aromatic carbocycles. The SMILES string of the molecule is CCOC(=O)CCC(=O)c1oc2c(/C(C)=C/C(=O)N3CCOCC3)cccc2c1-c1ccccc1. The van der Waals surface area contributed by atoms with Crippen LogP contribution in [0.5, 0.6) is 0 Å². The van der Waals surface area contributed by atoms with Gasteiger partial charge in [-0.05, 0) is 25.0 Å². The smallest absolute Gasteiger partial charge is 0.306 e. The van der Waals surface area contributed by atoms with Gasteiger partial charge in [0.05, 0.1) is 26.2 Å². The highest BCUT2D eigenvalue weighted by Crippen LogP contribution is 2.39. The van der Waals surface area contributed by atoms with E-state index in [2.05, 4.69) is 0 Å². The Labute approximate surface area is 204 Å². The highest BCUT2D eigenvalue weighted by Gasteiger charge is 2.24. The van der Waals surface area contributed by atoms with Gasteiger partial charge in [0.2, 0.25) is 5.91 Å². The van der Waals surface area contributed by atoms with E-state index in [1.807, 2.05) is 55.5 Å². The third kappa shape index (κ3) is 5.52. The second-order valence-corrected chi connectivity index (χ2v) is 8.35. The normalized spacial score (nSPS) is 14.2. The van der Waals surface area contributed by atoms with Crippen molar-refractivity contribution >= 4 is 34.2 Å². The number of para-hydroxylation sites is 1. The molecule has 1 saturated heterocycles. The van der Waals surface area contributed by atoms with E-state index in [9.17, 15) is 14.4 Å². The number of benzene rings is 2. The van der Waals surface area contributed by atoms with Crippen LogP contribution in [-0.2, 0) is 19.1 Å². The molecule has 0 bridgehead atoms. The predicted octanol–water partition coefficient (Wildman–Crippen LogP) is 4.89. The molecule has 0 radical (unpaired) electrons. The Balaban J connectivity index is 1.75. The van der Waals surface area contributed by atoms with Crippen LogP contribution in [0.3, 0.4) is 0 Å². The number of amides is 1. The molecule has 1 fully saturated rings. The van der Waals surface area contributed by atoms with Gasteiger partial charge in [0.1, 0.15) is 5.58 Å². The number of hydrogen-bond acceptors (Lipinski definition) is 6. The molecule has 1 amide bonds. The van der Waals surface area contributed by atoms with Crippen LogP contribution in [0, 0.1) is 0 Å². The van der Waals surface area contributed by atoms with E-state index in [0.717, 1.165) is 22.1 Å². The zero-order chi connectivity index (χ0) is 24.8. The lowest BCUT2D eigenvalue weighted by atomic mass is 9.97. The van der Waals surface area contributed by atoms with Crippen molar-refractivity contribution in [2.45, 2.75) is 26.7 Å². The van der Waals surface area contributed by atoms with Crippen molar-refractivity contribution in [3.63, 3.8) is 0 Å². The van der Waals surface area contributed by atoms with Crippen molar-refractivity contribution in [1.29, 1.82) is 0 Å². The Hall–Kier alpha value is -3.71. The van der Waals surface area contributed by atoms with E-state index in [1.165, 1.54) is 0 Å². The molecule has 0 saturated carbocycles. The molecule has 182 valence electrons. The maximum absolute atomic E-state index is 13.2. The summed E-state index contributed by atoms with van der Waals surface area (Å²) in [5.74, 6) is -0.567. The first-order valence-corrected chi connectivity index (χ1v) is 11.8. The number of carbonyl (C=O) groups excluding carboxylic acids is 3. The van der Waals surface area contributed by atoms with E-state index in [-0.39, 0.29) is 36.9 Å². The predicted molar refractivity (Wildman–Crippen MR) is 133 cm³/mol. The van der Waals surface area contributed by atoms with Gasteiger partial charge in [-0.3, -0.25) is 14.4 Å². The van der Waals surface area contributed by atoms with E-state index in [1.54, 1.807) is 17.9 Å². The Bertz CT molecular complexity index is 1250. The van der Waals surface area contributed by atoms with Gasteiger partial charge in [-0.15, -0.1) is 0 Å².